The highest BCUT2D eigenvalue weighted by Crippen LogP contribution is 2.31. The van der Waals surface area contributed by atoms with Crippen LogP contribution in [0.15, 0.2) is 54.7 Å². The summed E-state index contributed by atoms with van der Waals surface area (Å²) < 4.78 is 3.19. The maximum Gasteiger partial charge on any atom is 0.249 e. The first-order valence-corrected chi connectivity index (χ1v) is 13.3. The van der Waals surface area contributed by atoms with Crippen LogP contribution in [-0.2, 0) is 23.2 Å². The Morgan fingerprint density at radius 2 is 1.77 bits per heavy atom. The average Bonchev–Trinajstić information content (AvgIpc) is 3.49. The quantitative estimate of drug-likeness (QED) is 0.348. The van der Waals surface area contributed by atoms with Gasteiger partial charge in [-0.15, -0.1) is 5.10 Å². The average molecular weight is 528 g/mol. The molecule has 10 nitrogen and oxygen atoms in total. The Bertz CT molecular complexity index is 1500. The van der Waals surface area contributed by atoms with Gasteiger partial charge < -0.3 is 5.32 Å². The normalized spacial score (nSPS) is 14.7. The van der Waals surface area contributed by atoms with Gasteiger partial charge in [-0.05, 0) is 63.1 Å². The molecule has 0 aliphatic heterocycles. The van der Waals surface area contributed by atoms with Crippen molar-refractivity contribution in [2.45, 2.75) is 64.6 Å². The van der Waals surface area contributed by atoms with Crippen molar-refractivity contribution in [1.29, 1.82) is 0 Å². The predicted octanol–water partition coefficient (Wildman–Crippen LogP) is 3.90. The monoisotopic (exact) mass is 527 g/mol. The van der Waals surface area contributed by atoms with E-state index in [0.29, 0.717) is 28.0 Å². The van der Waals surface area contributed by atoms with E-state index in [1.165, 1.54) is 11.8 Å². The van der Waals surface area contributed by atoms with E-state index >= 15 is 0 Å². The summed E-state index contributed by atoms with van der Waals surface area (Å²) in [6.45, 7) is 3.21. The van der Waals surface area contributed by atoms with Crippen LogP contribution in [0.3, 0.4) is 0 Å². The van der Waals surface area contributed by atoms with E-state index in [-0.39, 0.29) is 30.2 Å². The zero-order valence-corrected chi connectivity index (χ0v) is 22.5. The number of para-hydroxylation sites is 1. The van der Waals surface area contributed by atoms with Gasteiger partial charge in [-0.3, -0.25) is 24.0 Å². The molecule has 39 heavy (non-hydrogen) atoms. The van der Waals surface area contributed by atoms with Crippen LogP contribution in [0, 0.1) is 6.92 Å². The molecular formula is C29H33N7O3. The Balaban J connectivity index is 1.58. The second kappa shape index (κ2) is 11.2. The standard InChI is InChI=1S/C29H33N7O3/c1-19-24(17-34(3)32-19)28(29(39)30-22-9-5-4-6-10-22)36(23-15-13-21(14-16-23)20(2)37)27(38)18-35-26-12-8-7-11-25(26)31-33-35/h7-8,11-17,22,28H,4-6,9-10,18H2,1-3H3,(H,30,39)/t28-/m0/s1. The van der Waals surface area contributed by atoms with E-state index in [9.17, 15) is 14.4 Å². The highest BCUT2D eigenvalue weighted by atomic mass is 16.2. The van der Waals surface area contributed by atoms with Crippen molar-refractivity contribution in [2.24, 2.45) is 7.05 Å². The van der Waals surface area contributed by atoms with E-state index in [4.69, 9.17) is 0 Å². The van der Waals surface area contributed by atoms with Crippen LogP contribution >= 0.6 is 0 Å². The van der Waals surface area contributed by atoms with Gasteiger partial charge in [0.25, 0.3) is 0 Å². The van der Waals surface area contributed by atoms with Crippen molar-refractivity contribution < 1.29 is 14.4 Å². The molecule has 202 valence electrons. The summed E-state index contributed by atoms with van der Waals surface area (Å²) in [6.07, 6.45) is 6.91. The molecule has 0 bridgehead atoms. The first-order chi connectivity index (χ1) is 18.8. The number of hydrogen-bond donors (Lipinski definition) is 1. The molecule has 1 atom stereocenters. The van der Waals surface area contributed by atoms with Gasteiger partial charge in [0.05, 0.1) is 11.2 Å². The molecule has 10 heteroatoms. The molecule has 0 saturated heterocycles. The van der Waals surface area contributed by atoms with Gasteiger partial charge in [0.2, 0.25) is 11.8 Å². The molecule has 5 rings (SSSR count). The number of carbonyl (C=O) groups excluding carboxylic acids is 3. The third-order valence-electron chi connectivity index (χ3n) is 7.33. The Hall–Kier alpha value is -4.34. The largest absolute Gasteiger partial charge is 0.351 e. The Morgan fingerprint density at radius 3 is 2.44 bits per heavy atom. The van der Waals surface area contributed by atoms with Crippen LogP contribution in [0.1, 0.15) is 66.7 Å². The molecule has 1 fully saturated rings. The predicted molar refractivity (Wildman–Crippen MR) is 147 cm³/mol. The number of aryl methyl sites for hydroxylation is 2. The number of rotatable bonds is 8. The minimum absolute atomic E-state index is 0.0574. The van der Waals surface area contributed by atoms with Gasteiger partial charge in [-0.25, -0.2) is 4.68 Å². The van der Waals surface area contributed by atoms with Crippen LogP contribution in [0.2, 0.25) is 0 Å². The molecule has 1 saturated carbocycles. The van der Waals surface area contributed by atoms with Gasteiger partial charge in [0.15, 0.2) is 5.78 Å². The molecule has 0 spiro atoms. The van der Waals surface area contributed by atoms with Gasteiger partial charge >= 0.3 is 0 Å². The summed E-state index contributed by atoms with van der Waals surface area (Å²) in [5.41, 5.74) is 3.72. The zero-order chi connectivity index (χ0) is 27.5. The van der Waals surface area contributed by atoms with Crippen LogP contribution in [0.4, 0.5) is 5.69 Å². The number of carbonyl (C=O) groups is 3. The summed E-state index contributed by atoms with van der Waals surface area (Å²) >= 11 is 0. The molecule has 0 unspecified atom stereocenters. The summed E-state index contributed by atoms with van der Waals surface area (Å²) in [5, 5.41) is 16.1. The van der Waals surface area contributed by atoms with Gasteiger partial charge in [-0.1, -0.05) is 36.6 Å². The van der Waals surface area contributed by atoms with Crippen molar-refractivity contribution in [3.05, 3.63) is 71.5 Å². The molecule has 0 radical (unpaired) electrons. The van der Waals surface area contributed by atoms with E-state index in [2.05, 4.69) is 20.7 Å². The molecule has 2 heterocycles. The number of aromatic nitrogens is 5. The first kappa shape index (κ1) is 26.3. The van der Waals surface area contributed by atoms with Gasteiger partial charge in [-0.2, -0.15) is 5.10 Å². The molecule has 2 amide bonds. The van der Waals surface area contributed by atoms with Crippen molar-refractivity contribution in [3.63, 3.8) is 0 Å². The Morgan fingerprint density at radius 1 is 1.05 bits per heavy atom. The highest BCUT2D eigenvalue weighted by molar-refractivity contribution is 6.02. The first-order valence-electron chi connectivity index (χ1n) is 13.3. The van der Waals surface area contributed by atoms with Crippen molar-refractivity contribution >= 4 is 34.3 Å². The molecule has 1 aliphatic rings. The molecule has 1 N–H and O–H groups in total. The van der Waals surface area contributed by atoms with Crippen LogP contribution in [-0.4, -0.2) is 48.4 Å². The molecular weight excluding hydrogens is 494 g/mol. The topological polar surface area (TPSA) is 115 Å². The smallest absolute Gasteiger partial charge is 0.249 e. The number of Topliss-reactive ketones (excluding diaryl/α,β-unsaturated/α-hetero) is 1. The fraction of sp³-hybridized carbons (Fsp3) is 0.379. The lowest BCUT2D eigenvalue weighted by Gasteiger charge is -2.33. The van der Waals surface area contributed by atoms with Crippen LogP contribution < -0.4 is 10.2 Å². The maximum atomic E-state index is 14.2. The molecule has 2 aromatic heterocycles. The number of nitrogens with one attached hydrogen (secondary N) is 1. The Labute approximate surface area is 227 Å². The van der Waals surface area contributed by atoms with Crippen molar-refractivity contribution in [2.75, 3.05) is 4.90 Å². The van der Waals surface area contributed by atoms with Gasteiger partial charge in [0.1, 0.15) is 18.1 Å². The minimum atomic E-state index is -0.967. The highest BCUT2D eigenvalue weighted by Gasteiger charge is 2.36. The lowest BCUT2D eigenvalue weighted by Crippen LogP contribution is -2.48. The van der Waals surface area contributed by atoms with Crippen molar-refractivity contribution in [1.82, 2.24) is 30.1 Å². The number of nitrogens with zero attached hydrogens (tertiary/aromatic N) is 6. The Kier molecular flexibility index (Phi) is 7.53. The molecule has 4 aromatic rings. The minimum Gasteiger partial charge on any atom is -0.351 e. The van der Waals surface area contributed by atoms with E-state index in [1.807, 2.05) is 31.2 Å². The summed E-state index contributed by atoms with van der Waals surface area (Å²) in [4.78, 5) is 41.7. The van der Waals surface area contributed by atoms with E-state index < -0.39 is 6.04 Å². The fourth-order valence-electron chi connectivity index (χ4n) is 5.34. The SMILES string of the molecule is CC(=O)c1ccc(N(C(=O)Cn2nnc3ccccc32)[C@H](C(=O)NC2CCCCC2)c2cn(C)nc2C)cc1. The second-order valence-electron chi connectivity index (χ2n) is 10.2. The van der Waals surface area contributed by atoms with Crippen molar-refractivity contribution in [3.8, 4) is 0 Å². The number of hydrogen-bond acceptors (Lipinski definition) is 6. The lowest BCUT2D eigenvalue weighted by atomic mass is 9.94. The number of ketones is 1. The number of anilines is 1. The lowest BCUT2D eigenvalue weighted by molar-refractivity contribution is -0.127. The second-order valence-corrected chi connectivity index (χ2v) is 10.2. The van der Waals surface area contributed by atoms with Crippen LogP contribution in [0.25, 0.3) is 11.0 Å². The fourth-order valence-corrected chi connectivity index (χ4v) is 5.34. The molecule has 1 aliphatic carbocycles. The third kappa shape index (κ3) is 5.59. The molecule has 2 aromatic carbocycles. The number of benzene rings is 2. The maximum absolute atomic E-state index is 14.2. The summed E-state index contributed by atoms with van der Waals surface area (Å²) in [7, 11) is 1.79. The number of amides is 2. The van der Waals surface area contributed by atoms with E-state index in [0.717, 1.165) is 37.6 Å². The summed E-state index contributed by atoms with van der Waals surface area (Å²) in [5.74, 6) is -0.679. The summed E-state index contributed by atoms with van der Waals surface area (Å²) in [6, 6.07) is 13.3. The van der Waals surface area contributed by atoms with Crippen LogP contribution in [0.5, 0.6) is 0 Å². The third-order valence-corrected chi connectivity index (χ3v) is 7.33. The number of fused-ring (bicyclic) bond motifs is 1. The van der Waals surface area contributed by atoms with E-state index in [1.54, 1.807) is 46.9 Å². The zero-order valence-electron chi connectivity index (χ0n) is 22.5. The van der Waals surface area contributed by atoms with Gasteiger partial charge in [0, 0.05) is 36.1 Å².